The zero-order valence-electron chi connectivity index (χ0n) is 19.1. The van der Waals surface area contributed by atoms with Gasteiger partial charge in [0.25, 0.3) is 0 Å². The SMILES string of the molecule is CCC(C)c1ccn([C](n2ccc(C(C)CC)n2)(n2ccc(C(C)CC)n2)[Mn]([Cl])[Cl])n1. The van der Waals surface area contributed by atoms with Crippen LogP contribution in [0.15, 0.2) is 36.8 Å². The number of hydrogen-bond donors (Lipinski definition) is 0. The molecular weight excluding hydrogens is 474 g/mol. The Morgan fingerprint density at radius 2 is 1.00 bits per heavy atom. The van der Waals surface area contributed by atoms with Crippen molar-refractivity contribution in [2.75, 3.05) is 0 Å². The molecule has 0 radical (unpaired) electrons. The van der Waals surface area contributed by atoms with Gasteiger partial charge in [0.15, 0.2) is 0 Å². The van der Waals surface area contributed by atoms with Crippen molar-refractivity contribution in [3.63, 3.8) is 0 Å². The van der Waals surface area contributed by atoms with Crippen molar-refractivity contribution < 1.29 is 12.1 Å². The minimum absolute atomic E-state index is 0.335. The summed E-state index contributed by atoms with van der Waals surface area (Å²) >= 11 is -2.13. The summed E-state index contributed by atoms with van der Waals surface area (Å²) in [5.41, 5.74) is 3.02. The van der Waals surface area contributed by atoms with Crippen LogP contribution in [0.4, 0.5) is 0 Å². The van der Waals surface area contributed by atoms with E-state index in [1.807, 2.05) is 50.8 Å². The molecule has 9 heteroatoms. The second kappa shape index (κ2) is 10.1. The molecule has 3 atom stereocenters. The van der Waals surface area contributed by atoms with Crippen molar-refractivity contribution in [3.8, 4) is 0 Å². The fraction of sp³-hybridized carbons (Fsp3) is 0.591. The standard InChI is InChI=1S/C22H33N6.2ClH.Mn/c1-7-16(4)19-10-13-26(23-19)22(27-14-11-20(24-27)17(5)8-2)28-15-12-21(25-28)18(6)9-3;;;/h10-18H,7-9H2,1-6H3;2*1H;/q;;;+2/p-2. The van der Waals surface area contributed by atoms with Gasteiger partial charge in [0.2, 0.25) is 0 Å². The molecule has 0 saturated carbocycles. The predicted molar refractivity (Wildman–Crippen MR) is 123 cm³/mol. The van der Waals surface area contributed by atoms with Gasteiger partial charge in [-0.05, 0) is 0 Å². The van der Waals surface area contributed by atoms with E-state index in [0.29, 0.717) is 17.8 Å². The van der Waals surface area contributed by atoms with Gasteiger partial charge >= 0.3 is 199 Å². The summed E-state index contributed by atoms with van der Waals surface area (Å²) in [6, 6.07) is 6.13. The van der Waals surface area contributed by atoms with Crippen molar-refractivity contribution in [3.05, 3.63) is 53.9 Å². The van der Waals surface area contributed by atoms with E-state index in [0.717, 1.165) is 36.3 Å². The van der Waals surface area contributed by atoms with Crippen LogP contribution < -0.4 is 0 Å². The van der Waals surface area contributed by atoms with Crippen LogP contribution in [0.25, 0.3) is 0 Å². The van der Waals surface area contributed by atoms with Crippen molar-refractivity contribution in [1.29, 1.82) is 0 Å². The minimum atomic E-state index is -2.13. The summed E-state index contributed by atoms with van der Waals surface area (Å²) in [5.74, 6) is 1.01. The molecule has 0 fully saturated rings. The van der Waals surface area contributed by atoms with Gasteiger partial charge in [0.1, 0.15) is 0 Å². The van der Waals surface area contributed by atoms with Crippen LogP contribution in [0.1, 0.15) is 95.6 Å². The molecule has 3 unspecified atom stereocenters. The number of aromatic nitrogens is 6. The van der Waals surface area contributed by atoms with Gasteiger partial charge in [-0.1, -0.05) is 0 Å². The normalized spacial score (nSPS) is 17.2. The number of nitrogens with zero attached hydrogens (tertiary/aromatic N) is 6. The van der Waals surface area contributed by atoms with Crippen LogP contribution in [-0.2, 0) is 16.8 Å². The molecule has 0 bridgehead atoms. The van der Waals surface area contributed by atoms with E-state index in [-0.39, 0.29) is 0 Å². The average molecular weight is 507 g/mol. The summed E-state index contributed by atoms with van der Waals surface area (Å²) in [5, 5.41) is 14.8. The molecule has 0 aromatic carbocycles. The fourth-order valence-electron chi connectivity index (χ4n) is 3.42. The second-order valence-electron chi connectivity index (χ2n) is 8.23. The molecular formula is C22H33Cl2MnN6. The number of rotatable bonds is 10. The first kappa shape index (κ1) is 24.4. The van der Waals surface area contributed by atoms with Crippen molar-refractivity contribution in [1.82, 2.24) is 29.3 Å². The molecule has 3 aromatic rings. The summed E-state index contributed by atoms with van der Waals surface area (Å²) in [4.78, 5) is 0. The summed E-state index contributed by atoms with van der Waals surface area (Å²) in [6.07, 6.45) is 8.86. The van der Waals surface area contributed by atoms with E-state index in [1.165, 1.54) is 0 Å². The number of halogens is 2. The molecule has 3 rings (SSSR count). The topological polar surface area (TPSA) is 53.5 Å². The monoisotopic (exact) mass is 506 g/mol. The van der Waals surface area contributed by atoms with E-state index < -0.39 is 16.8 Å². The zero-order valence-corrected chi connectivity index (χ0v) is 21.8. The van der Waals surface area contributed by atoms with Gasteiger partial charge < -0.3 is 0 Å². The van der Waals surface area contributed by atoms with Crippen LogP contribution in [0.2, 0.25) is 0 Å². The Labute approximate surface area is 198 Å². The molecule has 3 heterocycles. The van der Waals surface area contributed by atoms with Gasteiger partial charge in [-0.2, -0.15) is 0 Å². The van der Waals surface area contributed by atoms with Gasteiger partial charge in [0, 0.05) is 0 Å². The van der Waals surface area contributed by atoms with Gasteiger partial charge in [-0.3, -0.25) is 0 Å². The quantitative estimate of drug-likeness (QED) is 0.298. The molecule has 31 heavy (non-hydrogen) atoms. The van der Waals surface area contributed by atoms with E-state index in [2.05, 4.69) is 41.5 Å². The second-order valence-corrected chi connectivity index (χ2v) is 12.6. The maximum absolute atomic E-state index is 6.86. The van der Waals surface area contributed by atoms with Crippen molar-refractivity contribution in [2.24, 2.45) is 0 Å². The summed E-state index contributed by atoms with van der Waals surface area (Å²) in [7, 11) is 13.7. The Kier molecular flexibility index (Phi) is 7.95. The average Bonchev–Trinajstić information content (AvgIpc) is 3.53. The third-order valence-electron chi connectivity index (χ3n) is 6.25. The van der Waals surface area contributed by atoms with E-state index in [9.17, 15) is 0 Å². The predicted octanol–water partition coefficient (Wildman–Crippen LogP) is 6.41. The third-order valence-corrected chi connectivity index (χ3v) is 9.24. The van der Waals surface area contributed by atoms with Crippen LogP contribution in [0.5, 0.6) is 0 Å². The Balaban J connectivity index is 2.24. The van der Waals surface area contributed by atoms with Gasteiger partial charge in [-0.15, -0.1) is 0 Å². The van der Waals surface area contributed by atoms with Crippen LogP contribution in [0.3, 0.4) is 0 Å². The van der Waals surface area contributed by atoms with E-state index >= 15 is 0 Å². The van der Waals surface area contributed by atoms with Crippen LogP contribution in [0, 0.1) is 0 Å². The molecule has 0 saturated heterocycles. The zero-order chi connectivity index (χ0) is 22.8. The summed E-state index contributed by atoms with van der Waals surface area (Å²) in [6.45, 7) is 13.0. The third kappa shape index (κ3) is 4.47. The molecule has 0 spiro atoms. The Hall–Kier alpha value is -1.27. The van der Waals surface area contributed by atoms with Crippen LogP contribution >= 0.6 is 20.2 Å². The molecule has 0 aliphatic carbocycles. The first-order chi connectivity index (χ1) is 14.8. The van der Waals surface area contributed by atoms with E-state index in [4.69, 9.17) is 35.5 Å². The van der Waals surface area contributed by atoms with Crippen molar-refractivity contribution >= 4 is 20.2 Å². The Morgan fingerprint density at radius 1 is 0.710 bits per heavy atom. The molecule has 0 aliphatic rings. The molecule has 3 aromatic heterocycles. The molecule has 0 N–H and O–H groups in total. The molecule has 172 valence electrons. The Morgan fingerprint density at radius 3 is 1.23 bits per heavy atom. The Bertz CT molecular complexity index is 861. The van der Waals surface area contributed by atoms with E-state index in [1.54, 1.807) is 0 Å². The fourth-order valence-corrected chi connectivity index (χ4v) is 6.09. The maximum atomic E-state index is 6.86. The van der Waals surface area contributed by atoms with Gasteiger partial charge in [0.05, 0.1) is 0 Å². The first-order valence-electron chi connectivity index (χ1n) is 11.0. The summed E-state index contributed by atoms with van der Waals surface area (Å²) < 4.78 is 4.50. The molecule has 0 aliphatic heterocycles. The first-order valence-corrected chi connectivity index (χ1v) is 14.8. The molecule has 6 nitrogen and oxygen atoms in total. The van der Waals surface area contributed by atoms with Crippen molar-refractivity contribution in [2.45, 2.75) is 83.2 Å². The van der Waals surface area contributed by atoms with Gasteiger partial charge in [-0.25, -0.2) is 0 Å². The number of hydrogen-bond acceptors (Lipinski definition) is 3. The molecule has 0 amide bonds. The van der Waals surface area contributed by atoms with Crippen LogP contribution in [-0.4, -0.2) is 29.3 Å².